The molecule has 0 bridgehead atoms. The predicted octanol–water partition coefficient (Wildman–Crippen LogP) is 11.5. The van der Waals surface area contributed by atoms with Crippen LogP contribution < -0.4 is 0 Å². The lowest BCUT2D eigenvalue weighted by Gasteiger charge is -2.12. The van der Waals surface area contributed by atoms with E-state index in [0.29, 0.717) is 17.5 Å². The summed E-state index contributed by atoms with van der Waals surface area (Å²) in [7, 11) is 0. The molecular formula is C45H28N4O. The number of hydrogen-bond donors (Lipinski definition) is 0. The Bertz CT molecular complexity index is 2870. The molecule has 0 spiro atoms. The third-order valence-electron chi connectivity index (χ3n) is 9.46. The minimum absolute atomic E-state index is 0.563. The summed E-state index contributed by atoms with van der Waals surface area (Å²) in [5.74, 6) is 1.76. The summed E-state index contributed by atoms with van der Waals surface area (Å²) in [6.45, 7) is 0. The Hall–Kier alpha value is -6.85. The molecule has 0 radical (unpaired) electrons. The van der Waals surface area contributed by atoms with Gasteiger partial charge in [-0.1, -0.05) is 133 Å². The van der Waals surface area contributed by atoms with Crippen LogP contribution in [0.3, 0.4) is 0 Å². The number of aromatic nitrogens is 4. The second kappa shape index (κ2) is 11.4. The first-order chi connectivity index (χ1) is 24.8. The van der Waals surface area contributed by atoms with Crippen LogP contribution in [0.5, 0.6) is 0 Å². The van der Waals surface area contributed by atoms with Crippen LogP contribution in [0.1, 0.15) is 0 Å². The lowest BCUT2D eigenvalue weighted by Crippen LogP contribution is -2.01. The highest BCUT2D eigenvalue weighted by molar-refractivity contribution is 6.15. The van der Waals surface area contributed by atoms with E-state index in [1.807, 2.05) is 60.7 Å². The van der Waals surface area contributed by atoms with Gasteiger partial charge in [-0.25, -0.2) is 15.0 Å². The van der Waals surface area contributed by atoms with Crippen molar-refractivity contribution in [2.24, 2.45) is 0 Å². The first-order valence-corrected chi connectivity index (χ1v) is 16.7. The van der Waals surface area contributed by atoms with Gasteiger partial charge in [0, 0.05) is 38.4 Å². The molecule has 0 aliphatic heterocycles. The van der Waals surface area contributed by atoms with E-state index in [2.05, 4.69) is 114 Å². The zero-order valence-electron chi connectivity index (χ0n) is 26.9. The van der Waals surface area contributed by atoms with Crippen molar-refractivity contribution in [2.75, 3.05) is 0 Å². The van der Waals surface area contributed by atoms with E-state index < -0.39 is 0 Å². The molecule has 0 atom stereocenters. The number of benzene rings is 7. The van der Waals surface area contributed by atoms with Crippen LogP contribution in [-0.4, -0.2) is 19.5 Å². The summed E-state index contributed by atoms with van der Waals surface area (Å²) >= 11 is 0. The fourth-order valence-electron chi connectivity index (χ4n) is 7.20. The van der Waals surface area contributed by atoms with Crippen molar-refractivity contribution in [3.8, 4) is 51.0 Å². The summed E-state index contributed by atoms with van der Waals surface area (Å²) in [6, 6.07) is 58.6. The van der Waals surface area contributed by atoms with Crippen LogP contribution in [-0.2, 0) is 0 Å². The fourth-order valence-corrected chi connectivity index (χ4v) is 7.20. The molecule has 5 nitrogen and oxygen atoms in total. The van der Waals surface area contributed by atoms with Crippen molar-refractivity contribution >= 4 is 43.7 Å². The molecular weight excluding hydrogens is 613 g/mol. The average Bonchev–Trinajstić information content (AvgIpc) is 3.75. The van der Waals surface area contributed by atoms with E-state index in [0.717, 1.165) is 55.3 Å². The molecule has 3 aromatic heterocycles. The van der Waals surface area contributed by atoms with Gasteiger partial charge in [-0.2, -0.15) is 0 Å². The predicted molar refractivity (Wildman–Crippen MR) is 203 cm³/mol. The summed E-state index contributed by atoms with van der Waals surface area (Å²) in [6.07, 6.45) is 0. The Balaban J connectivity index is 1.19. The minimum Gasteiger partial charge on any atom is -0.455 e. The van der Waals surface area contributed by atoms with Crippen LogP contribution in [0, 0.1) is 0 Å². The Morgan fingerprint density at radius 3 is 1.82 bits per heavy atom. The molecule has 234 valence electrons. The average molecular weight is 641 g/mol. The van der Waals surface area contributed by atoms with Crippen molar-refractivity contribution in [1.29, 1.82) is 0 Å². The Labute approximate surface area is 287 Å². The summed E-state index contributed by atoms with van der Waals surface area (Å²) in [4.78, 5) is 15.2. The van der Waals surface area contributed by atoms with E-state index in [-0.39, 0.29) is 0 Å². The van der Waals surface area contributed by atoms with E-state index >= 15 is 0 Å². The van der Waals surface area contributed by atoms with Gasteiger partial charge in [0.2, 0.25) is 0 Å². The highest BCUT2D eigenvalue weighted by Gasteiger charge is 2.19. The Morgan fingerprint density at radius 2 is 0.980 bits per heavy atom. The largest absolute Gasteiger partial charge is 0.455 e. The van der Waals surface area contributed by atoms with Gasteiger partial charge < -0.3 is 8.98 Å². The van der Waals surface area contributed by atoms with Gasteiger partial charge in [0.25, 0.3) is 0 Å². The van der Waals surface area contributed by atoms with Gasteiger partial charge in [0.15, 0.2) is 17.5 Å². The lowest BCUT2D eigenvalue weighted by atomic mass is 9.99. The van der Waals surface area contributed by atoms with Crippen LogP contribution in [0.2, 0.25) is 0 Å². The Morgan fingerprint density at radius 1 is 0.400 bits per heavy atom. The molecule has 0 aliphatic rings. The van der Waals surface area contributed by atoms with E-state index in [1.165, 1.54) is 21.9 Å². The number of para-hydroxylation sites is 3. The summed E-state index contributed by atoms with van der Waals surface area (Å²) < 4.78 is 8.76. The van der Waals surface area contributed by atoms with E-state index in [1.54, 1.807) is 0 Å². The van der Waals surface area contributed by atoms with Crippen LogP contribution >= 0.6 is 0 Å². The van der Waals surface area contributed by atoms with Crippen LogP contribution in [0.15, 0.2) is 174 Å². The van der Waals surface area contributed by atoms with Crippen molar-refractivity contribution in [1.82, 2.24) is 19.5 Å². The molecule has 0 unspecified atom stereocenters. The smallest absolute Gasteiger partial charge is 0.167 e. The first kappa shape index (κ1) is 28.2. The number of fused-ring (bicyclic) bond motifs is 6. The maximum Gasteiger partial charge on any atom is 0.167 e. The number of rotatable bonds is 5. The molecule has 3 heterocycles. The molecule has 10 rings (SSSR count). The van der Waals surface area contributed by atoms with Crippen molar-refractivity contribution in [2.45, 2.75) is 0 Å². The quantitative estimate of drug-likeness (QED) is 0.188. The standard InChI is InChI=1S/C45H28N4O/c1-3-14-29(15-4-1)33-22-13-26-39-41(33)36-21-7-9-25-38(36)49(39)32-19-11-18-31(28-32)44-46-43(30-16-5-2-6-17-30)47-45(48-44)37-24-12-23-35-34-20-8-10-27-40(34)50-42(35)37/h1-28H. The zero-order chi connectivity index (χ0) is 33.0. The summed E-state index contributed by atoms with van der Waals surface area (Å²) in [5, 5.41) is 4.54. The molecule has 7 aromatic carbocycles. The third kappa shape index (κ3) is 4.52. The number of furan rings is 1. The number of nitrogens with zero attached hydrogens (tertiary/aromatic N) is 4. The molecule has 0 saturated carbocycles. The van der Waals surface area contributed by atoms with Crippen LogP contribution in [0.4, 0.5) is 0 Å². The molecule has 10 aromatic rings. The molecule has 0 saturated heterocycles. The SMILES string of the molecule is c1ccc(-c2nc(-c3cccc(-n4c5ccccc5c5c(-c6ccccc6)cccc54)c3)nc(-c3cccc4c3oc3ccccc34)n2)cc1. The topological polar surface area (TPSA) is 56.7 Å². The molecule has 0 N–H and O–H groups in total. The van der Waals surface area contributed by atoms with Crippen molar-refractivity contribution in [3.05, 3.63) is 170 Å². The first-order valence-electron chi connectivity index (χ1n) is 16.7. The maximum absolute atomic E-state index is 6.42. The van der Waals surface area contributed by atoms with Gasteiger partial charge in [-0.3, -0.25) is 0 Å². The van der Waals surface area contributed by atoms with Gasteiger partial charge in [-0.15, -0.1) is 0 Å². The highest BCUT2D eigenvalue weighted by atomic mass is 16.3. The second-order valence-electron chi connectivity index (χ2n) is 12.4. The monoisotopic (exact) mass is 640 g/mol. The molecule has 0 fully saturated rings. The molecule has 5 heteroatoms. The second-order valence-corrected chi connectivity index (χ2v) is 12.4. The van der Waals surface area contributed by atoms with Gasteiger partial charge in [-0.05, 0) is 47.5 Å². The molecule has 0 amide bonds. The van der Waals surface area contributed by atoms with Gasteiger partial charge >= 0.3 is 0 Å². The fraction of sp³-hybridized carbons (Fsp3) is 0. The highest BCUT2D eigenvalue weighted by Crippen LogP contribution is 2.39. The summed E-state index contributed by atoms with van der Waals surface area (Å²) in [5.41, 5.74) is 9.95. The molecule has 50 heavy (non-hydrogen) atoms. The number of hydrogen-bond acceptors (Lipinski definition) is 4. The minimum atomic E-state index is 0.563. The zero-order valence-corrected chi connectivity index (χ0v) is 26.9. The van der Waals surface area contributed by atoms with E-state index in [4.69, 9.17) is 19.4 Å². The third-order valence-corrected chi connectivity index (χ3v) is 9.46. The molecule has 0 aliphatic carbocycles. The van der Waals surface area contributed by atoms with Gasteiger partial charge in [0.1, 0.15) is 11.2 Å². The maximum atomic E-state index is 6.42. The Kier molecular flexibility index (Phi) is 6.42. The normalized spacial score (nSPS) is 11.6. The van der Waals surface area contributed by atoms with Crippen LogP contribution in [0.25, 0.3) is 94.7 Å². The van der Waals surface area contributed by atoms with Gasteiger partial charge in [0.05, 0.1) is 16.6 Å². The van der Waals surface area contributed by atoms with Crippen molar-refractivity contribution < 1.29 is 4.42 Å². The van der Waals surface area contributed by atoms with Crippen molar-refractivity contribution in [3.63, 3.8) is 0 Å². The van der Waals surface area contributed by atoms with E-state index in [9.17, 15) is 0 Å². The lowest BCUT2D eigenvalue weighted by molar-refractivity contribution is 0.669.